The Hall–Kier alpha value is -1.47. The monoisotopic (exact) mass is 303 g/mol. The number of aromatic amines is 1. The van der Waals surface area contributed by atoms with Crippen LogP contribution in [0.15, 0.2) is 22.8 Å². The van der Waals surface area contributed by atoms with E-state index in [1.54, 1.807) is 6.33 Å². The molecule has 1 N–H and O–H groups in total. The van der Waals surface area contributed by atoms with Crippen LogP contribution in [0, 0.1) is 5.92 Å². The largest absolute Gasteiger partial charge is 0.254 e. The highest BCUT2D eigenvalue weighted by Crippen LogP contribution is 2.41. The van der Waals surface area contributed by atoms with Gasteiger partial charge in [0.15, 0.2) is 5.16 Å². The number of thiophene rings is 1. The Morgan fingerprint density at radius 3 is 3.10 bits per heavy atom. The Morgan fingerprint density at radius 2 is 2.25 bits per heavy atom. The minimum absolute atomic E-state index is 0.772. The molecule has 0 saturated carbocycles. The van der Waals surface area contributed by atoms with Crippen LogP contribution in [0.3, 0.4) is 0 Å². The molecule has 3 aromatic heterocycles. The van der Waals surface area contributed by atoms with E-state index in [4.69, 9.17) is 0 Å². The summed E-state index contributed by atoms with van der Waals surface area (Å²) in [5.41, 5.74) is 1.45. The minimum Gasteiger partial charge on any atom is -0.254 e. The molecule has 4 rings (SSSR count). The maximum Gasteiger partial charge on any atom is 0.189 e. The van der Waals surface area contributed by atoms with E-state index < -0.39 is 0 Å². The van der Waals surface area contributed by atoms with Crippen LogP contribution in [0.2, 0.25) is 0 Å². The number of H-pyrrole nitrogens is 1. The average Bonchev–Trinajstić information content (AvgIpc) is 3.05. The molecule has 0 saturated heterocycles. The van der Waals surface area contributed by atoms with Crippen LogP contribution >= 0.6 is 23.1 Å². The number of hydrogen-bond acceptors (Lipinski definition) is 6. The fourth-order valence-corrected chi connectivity index (χ4v) is 4.88. The van der Waals surface area contributed by atoms with Crippen molar-refractivity contribution < 1.29 is 0 Å². The van der Waals surface area contributed by atoms with Gasteiger partial charge in [0.25, 0.3) is 0 Å². The molecule has 0 unspecified atom stereocenters. The lowest BCUT2D eigenvalue weighted by atomic mass is 9.89. The summed E-state index contributed by atoms with van der Waals surface area (Å²) in [6, 6.07) is 0. The van der Waals surface area contributed by atoms with E-state index in [1.165, 1.54) is 46.8 Å². The Labute approximate surface area is 124 Å². The average molecular weight is 303 g/mol. The van der Waals surface area contributed by atoms with Gasteiger partial charge in [-0.2, -0.15) is 5.10 Å². The van der Waals surface area contributed by atoms with Gasteiger partial charge in [-0.15, -0.1) is 11.3 Å². The van der Waals surface area contributed by atoms with Crippen molar-refractivity contribution >= 4 is 33.3 Å². The standard InChI is InChI=1S/C13H13N5S2/c1-7-2-3-8-9(4-7)19-11-10(8)12(15-5-14-11)20-13-16-6-17-18-13/h5-7H,2-4H2,1H3,(H,16,17,18)/t7-/m1/s1. The smallest absolute Gasteiger partial charge is 0.189 e. The summed E-state index contributed by atoms with van der Waals surface area (Å²) < 4.78 is 0. The quantitative estimate of drug-likeness (QED) is 0.737. The third-order valence-electron chi connectivity index (χ3n) is 3.64. The SMILES string of the molecule is C[C@@H]1CCc2c(sc3ncnc(Sc4ncn[nH]4)c23)C1. The topological polar surface area (TPSA) is 67.3 Å². The highest BCUT2D eigenvalue weighted by Gasteiger charge is 2.23. The molecule has 7 heteroatoms. The van der Waals surface area contributed by atoms with E-state index in [0.29, 0.717) is 0 Å². The predicted octanol–water partition coefficient (Wildman–Crippen LogP) is 3.09. The summed E-state index contributed by atoms with van der Waals surface area (Å²) in [5.74, 6) is 0.772. The first-order chi connectivity index (χ1) is 9.81. The van der Waals surface area contributed by atoms with Crippen molar-refractivity contribution in [1.29, 1.82) is 0 Å². The molecular weight excluding hydrogens is 290 g/mol. The fraction of sp³-hybridized carbons (Fsp3) is 0.385. The molecule has 0 amide bonds. The van der Waals surface area contributed by atoms with Gasteiger partial charge in [-0.05, 0) is 42.5 Å². The van der Waals surface area contributed by atoms with Crippen LogP contribution in [0.4, 0.5) is 0 Å². The van der Waals surface area contributed by atoms with Crippen molar-refractivity contribution in [2.75, 3.05) is 0 Å². The number of aryl methyl sites for hydroxylation is 1. The van der Waals surface area contributed by atoms with Crippen molar-refractivity contribution in [2.45, 2.75) is 36.4 Å². The molecule has 0 radical (unpaired) electrons. The lowest BCUT2D eigenvalue weighted by Crippen LogP contribution is -2.08. The number of hydrogen-bond donors (Lipinski definition) is 1. The predicted molar refractivity (Wildman–Crippen MR) is 79.1 cm³/mol. The van der Waals surface area contributed by atoms with Gasteiger partial charge >= 0.3 is 0 Å². The molecule has 1 atom stereocenters. The van der Waals surface area contributed by atoms with Gasteiger partial charge in [-0.3, -0.25) is 5.10 Å². The second-order valence-corrected chi connectivity index (χ2v) is 7.16. The Kier molecular flexibility index (Phi) is 2.96. The van der Waals surface area contributed by atoms with Crippen LogP contribution in [0.1, 0.15) is 23.8 Å². The summed E-state index contributed by atoms with van der Waals surface area (Å²) in [7, 11) is 0. The maximum atomic E-state index is 4.45. The van der Waals surface area contributed by atoms with Gasteiger partial charge in [0, 0.05) is 10.3 Å². The molecule has 0 aromatic carbocycles. The third kappa shape index (κ3) is 2.01. The number of fused-ring (bicyclic) bond motifs is 3. The van der Waals surface area contributed by atoms with E-state index >= 15 is 0 Å². The van der Waals surface area contributed by atoms with Gasteiger partial charge in [-0.1, -0.05) is 6.92 Å². The van der Waals surface area contributed by atoms with Crippen LogP contribution in [0.25, 0.3) is 10.2 Å². The van der Waals surface area contributed by atoms with E-state index in [1.807, 2.05) is 11.3 Å². The molecule has 20 heavy (non-hydrogen) atoms. The van der Waals surface area contributed by atoms with Gasteiger partial charge in [-0.25, -0.2) is 15.0 Å². The Balaban J connectivity index is 1.85. The summed E-state index contributed by atoms with van der Waals surface area (Å²) in [6.45, 7) is 2.32. The van der Waals surface area contributed by atoms with Crippen LogP contribution in [0.5, 0.6) is 0 Å². The first kappa shape index (κ1) is 12.3. The molecular formula is C13H13N5S2. The van der Waals surface area contributed by atoms with E-state index in [0.717, 1.165) is 27.4 Å². The van der Waals surface area contributed by atoms with E-state index in [-0.39, 0.29) is 0 Å². The molecule has 0 aliphatic heterocycles. The van der Waals surface area contributed by atoms with Gasteiger partial charge in [0.05, 0.1) is 0 Å². The Morgan fingerprint density at radius 1 is 1.30 bits per heavy atom. The zero-order valence-electron chi connectivity index (χ0n) is 11.0. The van der Waals surface area contributed by atoms with Crippen molar-refractivity contribution in [3.8, 4) is 0 Å². The van der Waals surface area contributed by atoms with E-state index in [2.05, 4.69) is 32.1 Å². The zero-order chi connectivity index (χ0) is 13.5. The first-order valence-corrected chi connectivity index (χ1v) is 8.23. The summed E-state index contributed by atoms with van der Waals surface area (Å²) >= 11 is 3.35. The number of nitrogens with one attached hydrogen (secondary N) is 1. The lowest BCUT2D eigenvalue weighted by Gasteiger charge is -2.17. The zero-order valence-corrected chi connectivity index (χ0v) is 12.6. The van der Waals surface area contributed by atoms with Crippen molar-refractivity contribution in [3.05, 3.63) is 23.1 Å². The molecule has 1 aliphatic carbocycles. The molecule has 3 heterocycles. The van der Waals surface area contributed by atoms with Crippen molar-refractivity contribution in [2.24, 2.45) is 5.92 Å². The normalized spacial score (nSPS) is 18.4. The fourth-order valence-electron chi connectivity index (χ4n) is 2.66. The minimum atomic E-state index is 0.772. The van der Waals surface area contributed by atoms with Crippen LogP contribution in [-0.4, -0.2) is 25.1 Å². The molecule has 3 aromatic rings. The number of rotatable bonds is 2. The second-order valence-electron chi connectivity index (χ2n) is 5.10. The third-order valence-corrected chi connectivity index (χ3v) is 5.70. The first-order valence-electron chi connectivity index (χ1n) is 6.59. The number of nitrogens with zero attached hydrogens (tertiary/aromatic N) is 4. The summed E-state index contributed by atoms with van der Waals surface area (Å²) in [4.78, 5) is 15.7. The van der Waals surface area contributed by atoms with Crippen LogP contribution < -0.4 is 0 Å². The molecule has 0 fully saturated rings. The molecule has 0 spiro atoms. The highest BCUT2D eigenvalue weighted by atomic mass is 32.2. The maximum absolute atomic E-state index is 4.45. The summed E-state index contributed by atoms with van der Waals surface area (Å²) in [6.07, 6.45) is 6.72. The molecule has 102 valence electrons. The molecule has 0 bridgehead atoms. The Bertz CT molecular complexity index is 750. The molecule has 5 nitrogen and oxygen atoms in total. The molecule has 1 aliphatic rings. The van der Waals surface area contributed by atoms with E-state index in [9.17, 15) is 0 Å². The highest BCUT2D eigenvalue weighted by molar-refractivity contribution is 7.99. The van der Waals surface area contributed by atoms with Gasteiger partial charge in [0.2, 0.25) is 0 Å². The van der Waals surface area contributed by atoms with Gasteiger partial charge < -0.3 is 0 Å². The van der Waals surface area contributed by atoms with Crippen molar-refractivity contribution in [1.82, 2.24) is 25.1 Å². The number of aromatic nitrogens is 5. The lowest BCUT2D eigenvalue weighted by molar-refractivity contribution is 0.509. The van der Waals surface area contributed by atoms with Gasteiger partial charge in [0.1, 0.15) is 22.5 Å². The second kappa shape index (κ2) is 4.82. The summed E-state index contributed by atoms with van der Waals surface area (Å²) in [5, 5.41) is 9.74. The van der Waals surface area contributed by atoms with Crippen LogP contribution in [-0.2, 0) is 12.8 Å². The van der Waals surface area contributed by atoms with Crippen molar-refractivity contribution in [3.63, 3.8) is 0 Å².